The number of hydrogen-bond acceptors (Lipinski definition) is 6. The first kappa shape index (κ1) is 29.9. The lowest BCUT2D eigenvalue weighted by Gasteiger charge is -2.14. The zero-order valence-corrected chi connectivity index (χ0v) is 25.1. The first-order valence-corrected chi connectivity index (χ1v) is 14.8. The maximum atomic E-state index is 12.9. The largest absolute Gasteiger partial charge is 0.494 e. The molecule has 0 fully saturated rings. The molecule has 0 atom stereocenters. The molecule has 0 aliphatic rings. The first-order valence-electron chi connectivity index (χ1n) is 13.8. The van der Waals surface area contributed by atoms with Crippen LogP contribution in [0.3, 0.4) is 0 Å². The van der Waals surface area contributed by atoms with Crippen LogP contribution < -0.4 is 15.4 Å². The van der Waals surface area contributed by atoms with Gasteiger partial charge in [0.15, 0.2) is 11.0 Å². The van der Waals surface area contributed by atoms with E-state index in [0.717, 1.165) is 52.2 Å². The molecule has 0 unspecified atom stereocenters. The Morgan fingerprint density at radius 1 is 0.902 bits per heavy atom. The molecule has 1 heterocycles. The number of aromatic nitrogens is 3. The van der Waals surface area contributed by atoms with Gasteiger partial charge in [-0.3, -0.25) is 14.2 Å². The summed E-state index contributed by atoms with van der Waals surface area (Å²) in [5.74, 6) is 1.13. The summed E-state index contributed by atoms with van der Waals surface area (Å²) < 4.78 is 7.62. The van der Waals surface area contributed by atoms with Crippen molar-refractivity contribution >= 4 is 29.3 Å². The zero-order chi connectivity index (χ0) is 29.4. The highest BCUT2D eigenvalue weighted by Crippen LogP contribution is 2.26. The van der Waals surface area contributed by atoms with Gasteiger partial charge in [-0.1, -0.05) is 49.4 Å². The Morgan fingerprint density at radius 2 is 1.61 bits per heavy atom. The summed E-state index contributed by atoms with van der Waals surface area (Å²) in [6, 6.07) is 19.2. The van der Waals surface area contributed by atoms with Crippen LogP contribution in [-0.4, -0.2) is 38.9 Å². The third-order valence-corrected chi connectivity index (χ3v) is 7.52. The molecule has 1 aromatic heterocycles. The van der Waals surface area contributed by atoms with Gasteiger partial charge in [0.1, 0.15) is 5.75 Å². The number of nitrogens with zero attached hydrogens (tertiary/aromatic N) is 3. The minimum absolute atomic E-state index is 0.129. The lowest BCUT2D eigenvalue weighted by Crippen LogP contribution is -2.24. The van der Waals surface area contributed by atoms with Crippen LogP contribution in [0.25, 0.3) is 5.69 Å². The smallest absolute Gasteiger partial charge is 0.251 e. The van der Waals surface area contributed by atoms with Gasteiger partial charge in [0.05, 0.1) is 24.6 Å². The number of nitrogens with one attached hydrogen (secondary N) is 2. The molecule has 41 heavy (non-hydrogen) atoms. The molecule has 0 aliphatic carbocycles. The van der Waals surface area contributed by atoms with Gasteiger partial charge in [-0.2, -0.15) is 0 Å². The highest BCUT2D eigenvalue weighted by molar-refractivity contribution is 7.99. The van der Waals surface area contributed by atoms with Gasteiger partial charge in [0.2, 0.25) is 5.91 Å². The van der Waals surface area contributed by atoms with Gasteiger partial charge in [0.25, 0.3) is 5.91 Å². The molecule has 4 rings (SSSR count). The second kappa shape index (κ2) is 14.0. The molecule has 3 aromatic carbocycles. The topological polar surface area (TPSA) is 98.1 Å². The summed E-state index contributed by atoms with van der Waals surface area (Å²) >= 11 is 1.31. The number of benzene rings is 3. The van der Waals surface area contributed by atoms with Crippen molar-refractivity contribution in [2.45, 2.75) is 59.2 Å². The molecule has 214 valence electrons. The van der Waals surface area contributed by atoms with Crippen LogP contribution in [0.2, 0.25) is 0 Å². The molecular weight excluding hydrogens is 534 g/mol. The molecular formula is C32H37N5O3S. The molecule has 9 heteroatoms. The van der Waals surface area contributed by atoms with E-state index in [1.807, 2.05) is 62.6 Å². The SMILES string of the molecule is CCCCOc1ccc(C(=O)NCc2nnc(SCC(=O)Nc3cc(C)ccc3C)n2-c2cc(C)ccc2C)cc1. The number of ether oxygens (including phenoxy) is 1. The second-order valence-electron chi connectivity index (χ2n) is 10.1. The van der Waals surface area contributed by atoms with Crippen LogP contribution >= 0.6 is 11.8 Å². The van der Waals surface area contributed by atoms with Crippen molar-refractivity contribution in [3.8, 4) is 11.4 Å². The average molecular weight is 572 g/mol. The number of unbranched alkanes of at least 4 members (excludes halogenated alkanes) is 1. The van der Waals surface area contributed by atoms with E-state index in [0.29, 0.717) is 23.2 Å². The number of amides is 2. The number of hydrogen-bond donors (Lipinski definition) is 2. The number of rotatable bonds is 12. The van der Waals surface area contributed by atoms with Crippen molar-refractivity contribution < 1.29 is 14.3 Å². The molecule has 4 aromatic rings. The van der Waals surface area contributed by atoms with E-state index >= 15 is 0 Å². The molecule has 0 radical (unpaired) electrons. The van der Waals surface area contributed by atoms with Gasteiger partial charge in [-0.25, -0.2) is 0 Å². The molecule has 8 nitrogen and oxygen atoms in total. The zero-order valence-electron chi connectivity index (χ0n) is 24.3. The van der Waals surface area contributed by atoms with Crippen LogP contribution in [0.4, 0.5) is 5.69 Å². The Kier molecular flexibility index (Phi) is 10.2. The minimum Gasteiger partial charge on any atom is -0.494 e. The predicted molar refractivity (Wildman–Crippen MR) is 164 cm³/mol. The Balaban J connectivity index is 1.49. The third kappa shape index (κ3) is 7.98. The average Bonchev–Trinajstić information content (AvgIpc) is 3.37. The molecule has 0 aliphatic heterocycles. The lowest BCUT2D eigenvalue weighted by atomic mass is 10.1. The summed E-state index contributed by atoms with van der Waals surface area (Å²) in [6.07, 6.45) is 2.05. The van der Waals surface area contributed by atoms with E-state index in [-0.39, 0.29) is 24.1 Å². The van der Waals surface area contributed by atoms with E-state index < -0.39 is 0 Å². The summed E-state index contributed by atoms with van der Waals surface area (Å²) in [4.78, 5) is 25.8. The molecule has 2 N–H and O–H groups in total. The van der Waals surface area contributed by atoms with E-state index in [1.54, 1.807) is 24.3 Å². The van der Waals surface area contributed by atoms with E-state index in [1.165, 1.54) is 11.8 Å². The molecule has 0 bridgehead atoms. The Labute approximate surface area is 245 Å². The molecule has 0 saturated heterocycles. The fraction of sp³-hybridized carbons (Fsp3) is 0.312. The van der Waals surface area contributed by atoms with Crippen LogP contribution in [-0.2, 0) is 11.3 Å². The predicted octanol–water partition coefficient (Wildman–Crippen LogP) is 6.34. The fourth-order valence-corrected chi connectivity index (χ4v) is 4.96. The van der Waals surface area contributed by atoms with Crippen molar-refractivity contribution in [1.29, 1.82) is 0 Å². The number of thioether (sulfide) groups is 1. The molecule has 0 saturated carbocycles. The minimum atomic E-state index is -0.220. The maximum absolute atomic E-state index is 12.9. The first-order chi connectivity index (χ1) is 19.7. The van der Waals surface area contributed by atoms with Crippen LogP contribution in [0, 0.1) is 27.7 Å². The highest BCUT2D eigenvalue weighted by atomic mass is 32.2. The Hall–Kier alpha value is -4.11. The van der Waals surface area contributed by atoms with Crippen molar-refractivity contribution in [1.82, 2.24) is 20.1 Å². The summed E-state index contributed by atoms with van der Waals surface area (Å²) in [6.45, 7) is 10.9. The van der Waals surface area contributed by atoms with Gasteiger partial charge >= 0.3 is 0 Å². The number of aryl methyl sites for hydroxylation is 4. The van der Waals surface area contributed by atoms with Crippen LogP contribution in [0.15, 0.2) is 65.8 Å². The van der Waals surface area contributed by atoms with E-state index in [4.69, 9.17) is 4.74 Å². The van der Waals surface area contributed by atoms with Crippen LogP contribution in [0.5, 0.6) is 5.75 Å². The standard InChI is InChI=1S/C32H37N5O3S/c1-6-7-16-40-26-14-12-25(13-15-26)31(39)33-19-29-35-36-32(37(29)28-18-22(3)9-11-24(28)5)41-20-30(38)34-27-17-21(2)8-10-23(27)4/h8-15,17-18H,6-7,16,19-20H2,1-5H3,(H,33,39)(H,34,38). The maximum Gasteiger partial charge on any atom is 0.251 e. The number of carbonyl (C=O) groups is 2. The number of anilines is 1. The molecule has 0 spiro atoms. The second-order valence-corrected chi connectivity index (χ2v) is 11.0. The van der Waals surface area contributed by atoms with Gasteiger partial charge in [-0.15, -0.1) is 10.2 Å². The van der Waals surface area contributed by atoms with Gasteiger partial charge in [-0.05, 0) is 92.8 Å². The van der Waals surface area contributed by atoms with Crippen molar-refractivity contribution in [2.75, 3.05) is 17.7 Å². The Morgan fingerprint density at radius 3 is 2.34 bits per heavy atom. The normalized spacial score (nSPS) is 10.9. The van der Waals surface area contributed by atoms with E-state index in [9.17, 15) is 9.59 Å². The van der Waals surface area contributed by atoms with Crippen LogP contribution in [0.1, 0.15) is 58.2 Å². The summed E-state index contributed by atoms with van der Waals surface area (Å²) in [5.41, 5.74) is 6.44. The van der Waals surface area contributed by atoms with Gasteiger partial charge in [0, 0.05) is 11.3 Å². The summed E-state index contributed by atoms with van der Waals surface area (Å²) in [5, 5.41) is 15.3. The van der Waals surface area contributed by atoms with Gasteiger partial charge < -0.3 is 15.4 Å². The fourth-order valence-electron chi connectivity index (χ4n) is 4.20. The highest BCUT2D eigenvalue weighted by Gasteiger charge is 2.19. The monoisotopic (exact) mass is 571 g/mol. The number of carbonyl (C=O) groups excluding carboxylic acids is 2. The molecule has 2 amide bonds. The van der Waals surface area contributed by atoms with Crippen molar-refractivity contribution in [3.63, 3.8) is 0 Å². The van der Waals surface area contributed by atoms with E-state index in [2.05, 4.69) is 33.8 Å². The Bertz CT molecular complexity index is 1510. The van der Waals surface area contributed by atoms with Crippen molar-refractivity contribution in [2.24, 2.45) is 0 Å². The third-order valence-electron chi connectivity index (χ3n) is 6.60. The lowest BCUT2D eigenvalue weighted by molar-refractivity contribution is -0.113. The summed E-state index contributed by atoms with van der Waals surface area (Å²) in [7, 11) is 0. The quantitative estimate of drug-likeness (QED) is 0.152. The van der Waals surface area contributed by atoms with Crippen molar-refractivity contribution in [3.05, 3.63) is 94.3 Å².